The Hall–Kier alpha value is -0.0900. The monoisotopic (exact) mass is 397 g/mol. The third-order valence-corrected chi connectivity index (χ3v) is 6.05. The molecule has 1 N–H and O–H groups in total. The predicted molar refractivity (Wildman–Crippen MR) is 98.5 cm³/mol. The van der Waals surface area contributed by atoms with Crippen molar-refractivity contribution in [2.45, 2.75) is 58.4 Å². The molecule has 2 aliphatic rings. The molecule has 2 heteroatoms. The van der Waals surface area contributed by atoms with Gasteiger partial charge in [0.05, 0.1) is 0 Å². The van der Waals surface area contributed by atoms with E-state index in [9.17, 15) is 0 Å². The third-order valence-electron chi connectivity index (χ3n) is 5.33. The van der Waals surface area contributed by atoms with E-state index >= 15 is 0 Å². The molecule has 2 saturated carbocycles. The minimum atomic E-state index is 0.532. The minimum absolute atomic E-state index is 0.532. The van der Waals surface area contributed by atoms with Gasteiger partial charge >= 0.3 is 0 Å². The largest absolute Gasteiger partial charge is 0.314 e. The van der Waals surface area contributed by atoms with Gasteiger partial charge in [0.2, 0.25) is 0 Å². The van der Waals surface area contributed by atoms with Crippen LogP contribution in [-0.2, 0) is 6.42 Å². The van der Waals surface area contributed by atoms with Crippen molar-refractivity contribution in [3.05, 3.63) is 33.4 Å². The second-order valence-corrected chi connectivity index (χ2v) is 9.19. The second-order valence-electron chi connectivity index (χ2n) is 7.94. The highest BCUT2D eigenvalue weighted by atomic mass is 127. The van der Waals surface area contributed by atoms with Crippen molar-refractivity contribution in [1.82, 2.24) is 5.32 Å². The van der Waals surface area contributed by atoms with Crippen molar-refractivity contribution in [3.63, 3.8) is 0 Å². The number of benzene rings is 1. The highest BCUT2D eigenvalue weighted by Crippen LogP contribution is 2.43. The normalized spacial score (nSPS) is 28.5. The molecule has 0 aromatic heterocycles. The lowest BCUT2D eigenvalue weighted by Crippen LogP contribution is -2.37. The van der Waals surface area contributed by atoms with Crippen LogP contribution in [0, 0.1) is 20.8 Å². The SMILES string of the molecule is CC1(C)CCC(CNC2CC2)C(Cc2ccc(I)cc2)C1. The fourth-order valence-electron chi connectivity index (χ4n) is 3.83. The van der Waals surface area contributed by atoms with Gasteiger partial charge in [0.25, 0.3) is 0 Å². The van der Waals surface area contributed by atoms with E-state index in [0.717, 1.165) is 17.9 Å². The van der Waals surface area contributed by atoms with Gasteiger partial charge in [-0.05, 0) is 103 Å². The lowest BCUT2D eigenvalue weighted by Gasteiger charge is -2.41. The first-order valence-electron chi connectivity index (χ1n) is 8.50. The molecule has 0 spiro atoms. The molecule has 0 radical (unpaired) electrons. The molecular formula is C19H28IN. The minimum Gasteiger partial charge on any atom is -0.314 e. The highest BCUT2D eigenvalue weighted by Gasteiger charge is 2.35. The second kappa shape index (κ2) is 6.57. The van der Waals surface area contributed by atoms with Crippen LogP contribution in [0.25, 0.3) is 0 Å². The van der Waals surface area contributed by atoms with Crippen molar-refractivity contribution < 1.29 is 0 Å². The fourth-order valence-corrected chi connectivity index (χ4v) is 4.19. The van der Waals surface area contributed by atoms with E-state index in [0.29, 0.717) is 5.41 Å². The Kier molecular flexibility index (Phi) is 4.94. The van der Waals surface area contributed by atoms with E-state index < -0.39 is 0 Å². The maximum absolute atomic E-state index is 3.78. The number of hydrogen-bond acceptors (Lipinski definition) is 1. The summed E-state index contributed by atoms with van der Waals surface area (Å²) in [6.07, 6.45) is 8.25. The summed E-state index contributed by atoms with van der Waals surface area (Å²) in [5, 5.41) is 3.78. The average Bonchev–Trinajstić information content (AvgIpc) is 3.24. The molecule has 116 valence electrons. The first kappa shape index (κ1) is 15.8. The summed E-state index contributed by atoms with van der Waals surface area (Å²) in [4.78, 5) is 0. The van der Waals surface area contributed by atoms with Crippen LogP contribution in [0.15, 0.2) is 24.3 Å². The summed E-state index contributed by atoms with van der Waals surface area (Å²) >= 11 is 2.39. The van der Waals surface area contributed by atoms with Gasteiger partial charge in [0, 0.05) is 9.61 Å². The van der Waals surface area contributed by atoms with Gasteiger partial charge in [-0.15, -0.1) is 0 Å². The lowest BCUT2D eigenvalue weighted by molar-refractivity contribution is 0.115. The number of halogens is 1. The van der Waals surface area contributed by atoms with Crippen molar-refractivity contribution in [3.8, 4) is 0 Å². The summed E-state index contributed by atoms with van der Waals surface area (Å²) in [7, 11) is 0. The Morgan fingerprint density at radius 1 is 1.10 bits per heavy atom. The molecule has 2 unspecified atom stereocenters. The Labute approximate surface area is 143 Å². The van der Waals surface area contributed by atoms with Crippen molar-refractivity contribution >= 4 is 22.6 Å². The highest BCUT2D eigenvalue weighted by molar-refractivity contribution is 14.1. The van der Waals surface area contributed by atoms with E-state index in [1.54, 1.807) is 0 Å². The van der Waals surface area contributed by atoms with Crippen LogP contribution < -0.4 is 5.32 Å². The molecule has 0 saturated heterocycles. The van der Waals surface area contributed by atoms with Gasteiger partial charge in [0.15, 0.2) is 0 Å². The Morgan fingerprint density at radius 3 is 2.48 bits per heavy atom. The number of rotatable bonds is 5. The topological polar surface area (TPSA) is 12.0 Å². The lowest BCUT2D eigenvalue weighted by atomic mass is 9.65. The quantitative estimate of drug-likeness (QED) is 0.688. The average molecular weight is 397 g/mol. The Balaban J connectivity index is 1.64. The van der Waals surface area contributed by atoms with Crippen LogP contribution in [0.3, 0.4) is 0 Å². The molecule has 0 heterocycles. The van der Waals surface area contributed by atoms with Gasteiger partial charge in [0.1, 0.15) is 0 Å². The number of nitrogens with one attached hydrogen (secondary N) is 1. The van der Waals surface area contributed by atoms with Crippen molar-refractivity contribution in [2.24, 2.45) is 17.3 Å². The zero-order valence-electron chi connectivity index (χ0n) is 13.4. The van der Waals surface area contributed by atoms with Crippen LogP contribution in [0.5, 0.6) is 0 Å². The molecule has 1 aromatic carbocycles. The Bertz CT molecular complexity index is 459. The summed E-state index contributed by atoms with van der Waals surface area (Å²) in [6.45, 7) is 6.16. The van der Waals surface area contributed by atoms with Gasteiger partial charge in [-0.3, -0.25) is 0 Å². The van der Waals surface area contributed by atoms with Crippen LogP contribution in [0.4, 0.5) is 0 Å². The van der Waals surface area contributed by atoms with E-state index in [1.807, 2.05) is 0 Å². The molecule has 2 fully saturated rings. The molecule has 2 atom stereocenters. The molecular weight excluding hydrogens is 369 g/mol. The van der Waals surface area contributed by atoms with E-state index in [1.165, 1.54) is 54.2 Å². The first-order chi connectivity index (χ1) is 10.0. The predicted octanol–water partition coefficient (Wildman–Crippen LogP) is 5.03. The van der Waals surface area contributed by atoms with Gasteiger partial charge in [-0.2, -0.15) is 0 Å². The molecule has 1 aromatic rings. The zero-order valence-corrected chi connectivity index (χ0v) is 15.5. The maximum Gasteiger partial charge on any atom is 0.0130 e. The van der Waals surface area contributed by atoms with Crippen LogP contribution >= 0.6 is 22.6 Å². The fraction of sp³-hybridized carbons (Fsp3) is 0.684. The van der Waals surface area contributed by atoms with E-state index in [-0.39, 0.29) is 0 Å². The molecule has 21 heavy (non-hydrogen) atoms. The van der Waals surface area contributed by atoms with Crippen LogP contribution in [0.2, 0.25) is 0 Å². The number of hydrogen-bond donors (Lipinski definition) is 1. The first-order valence-corrected chi connectivity index (χ1v) is 9.57. The zero-order chi connectivity index (χ0) is 14.9. The van der Waals surface area contributed by atoms with Crippen molar-refractivity contribution in [2.75, 3.05) is 6.54 Å². The van der Waals surface area contributed by atoms with Gasteiger partial charge < -0.3 is 5.32 Å². The summed E-state index contributed by atoms with van der Waals surface area (Å²) in [5.74, 6) is 1.72. The molecule has 1 nitrogen and oxygen atoms in total. The summed E-state index contributed by atoms with van der Waals surface area (Å²) in [6, 6.07) is 10.0. The third kappa shape index (κ3) is 4.69. The summed E-state index contributed by atoms with van der Waals surface area (Å²) in [5.41, 5.74) is 2.05. The molecule has 0 aliphatic heterocycles. The Morgan fingerprint density at radius 2 is 1.81 bits per heavy atom. The molecule has 0 amide bonds. The summed E-state index contributed by atoms with van der Waals surface area (Å²) < 4.78 is 1.34. The molecule has 3 rings (SSSR count). The van der Waals surface area contributed by atoms with Gasteiger partial charge in [-0.25, -0.2) is 0 Å². The van der Waals surface area contributed by atoms with E-state index in [4.69, 9.17) is 0 Å². The molecule has 2 aliphatic carbocycles. The van der Waals surface area contributed by atoms with Crippen LogP contribution in [-0.4, -0.2) is 12.6 Å². The standard InChI is InChI=1S/C19H28IN/c1-19(2)10-9-15(13-21-18-7-8-18)16(12-19)11-14-3-5-17(20)6-4-14/h3-6,15-16,18,21H,7-13H2,1-2H3. The van der Waals surface area contributed by atoms with Crippen molar-refractivity contribution in [1.29, 1.82) is 0 Å². The maximum atomic E-state index is 3.78. The molecule has 0 bridgehead atoms. The van der Waals surface area contributed by atoms with Gasteiger partial charge in [-0.1, -0.05) is 26.0 Å². The van der Waals surface area contributed by atoms with E-state index in [2.05, 4.69) is 66.0 Å². The van der Waals surface area contributed by atoms with Crippen LogP contribution in [0.1, 0.15) is 51.5 Å². The smallest absolute Gasteiger partial charge is 0.0130 e.